The Kier molecular flexibility index (Phi) is 5.67. The molecule has 0 aliphatic carbocycles. The average Bonchev–Trinajstić information content (AvgIpc) is 3.04. The predicted molar refractivity (Wildman–Crippen MR) is 78.2 cm³/mol. The van der Waals surface area contributed by atoms with E-state index in [1.54, 1.807) is 11.3 Å². The van der Waals surface area contributed by atoms with Crippen LogP contribution in [0.4, 0.5) is 0 Å². The Morgan fingerprint density at radius 1 is 1.50 bits per heavy atom. The Balaban J connectivity index is 1.99. The Bertz CT molecular complexity index is 325. The molecule has 102 valence electrons. The minimum Gasteiger partial charge on any atom is -0.378 e. The van der Waals surface area contributed by atoms with E-state index in [9.17, 15) is 0 Å². The molecule has 0 spiro atoms. The lowest BCUT2D eigenvalue weighted by Crippen LogP contribution is -2.41. The molecule has 0 amide bonds. The van der Waals surface area contributed by atoms with E-state index in [0.717, 1.165) is 26.0 Å². The Morgan fingerprint density at radius 2 is 2.39 bits per heavy atom. The lowest BCUT2D eigenvalue weighted by atomic mass is 9.87. The Morgan fingerprint density at radius 3 is 3.06 bits per heavy atom. The summed E-state index contributed by atoms with van der Waals surface area (Å²) in [6, 6.07) is 2.83. The first kappa shape index (κ1) is 14.0. The number of ether oxygens (including phenoxy) is 1. The van der Waals surface area contributed by atoms with Crippen LogP contribution in [0, 0.1) is 5.92 Å². The average molecular weight is 267 g/mol. The third-order valence-corrected chi connectivity index (χ3v) is 4.60. The van der Waals surface area contributed by atoms with Gasteiger partial charge in [0.15, 0.2) is 0 Å². The van der Waals surface area contributed by atoms with Crippen LogP contribution in [0.25, 0.3) is 0 Å². The number of hydrogen-bond donors (Lipinski definition) is 1. The lowest BCUT2D eigenvalue weighted by Gasteiger charge is -2.28. The van der Waals surface area contributed by atoms with Crippen LogP contribution < -0.4 is 5.32 Å². The van der Waals surface area contributed by atoms with Crippen molar-refractivity contribution in [3.63, 3.8) is 0 Å². The molecule has 1 aliphatic heterocycles. The highest BCUT2D eigenvalue weighted by atomic mass is 32.1. The van der Waals surface area contributed by atoms with Crippen LogP contribution in [0.1, 0.15) is 38.7 Å². The number of thiophene rings is 1. The first-order chi connectivity index (χ1) is 8.85. The van der Waals surface area contributed by atoms with E-state index in [1.807, 2.05) is 0 Å². The molecule has 0 radical (unpaired) electrons. The molecule has 0 aromatic carbocycles. The van der Waals surface area contributed by atoms with E-state index in [0.29, 0.717) is 18.1 Å². The fourth-order valence-electron chi connectivity index (χ4n) is 2.91. The maximum atomic E-state index is 5.86. The van der Waals surface area contributed by atoms with Crippen molar-refractivity contribution >= 4 is 11.3 Å². The van der Waals surface area contributed by atoms with Crippen LogP contribution in [0.15, 0.2) is 16.8 Å². The molecule has 1 N–H and O–H groups in total. The molecule has 18 heavy (non-hydrogen) atoms. The maximum Gasteiger partial charge on any atom is 0.0616 e. The highest BCUT2D eigenvalue weighted by Crippen LogP contribution is 2.28. The monoisotopic (exact) mass is 267 g/mol. The minimum atomic E-state index is 0.456. The summed E-state index contributed by atoms with van der Waals surface area (Å²) in [5, 5.41) is 8.19. The third kappa shape index (κ3) is 3.56. The van der Waals surface area contributed by atoms with Gasteiger partial charge in [-0.1, -0.05) is 13.8 Å². The molecule has 1 fully saturated rings. The zero-order valence-corrected chi connectivity index (χ0v) is 12.3. The summed E-state index contributed by atoms with van der Waals surface area (Å²) < 4.78 is 5.86. The Hall–Kier alpha value is -0.380. The van der Waals surface area contributed by atoms with Crippen LogP contribution in [0.5, 0.6) is 0 Å². The minimum absolute atomic E-state index is 0.456. The molecular formula is C15H25NOS. The standard InChI is InChI=1S/C15H25NOS/c1-3-7-16-14(10-12-6-9-18-11-12)13-5-8-17-15(13)4-2/h6,9,11,13-16H,3-5,7-8,10H2,1-2H3. The van der Waals surface area contributed by atoms with Crippen LogP contribution >= 0.6 is 11.3 Å². The molecule has 2 nitrogen and oxygen atoms in total. The molecule has 3 heteroatoms. The van der Waals surface area contributed by atoms with Gasteiger partial charge in [0.2, 0.25) is 0 Å². The van der Waals surface area contributed by atoms with Gasteiger partial charge >= 0.3 is 0 Å². The molecule has 1 aromatic heterocycles. The molecule has 0 saturated carbocycles. The number of hydrogen-bond acceptors (Lipinski definition) is 3. The van der Waals surface area contributed by atoms with Crippen molar-refractivity contribution in [1.29, 1.82) is 0 Å². The van der Waals surface area contributed by atoms with Gasteiger partial charge in [-0.2, -0.15) is 11.3 Å². The van der Waals surface area contributed by atoms with Crippen LogP contribution in [0.3, 0.4) is 0 Å². The SMILES string of the molecule is CCCNC(Cc1ccsc1)C1CCOC1CC. The quantitative estimate of drug-likeness (QED) is 0.816. The second-order valence-electron chi connectivity index (χ2n) is 5.17. The lowest BCUT2D eigenvalue weighted by molar-refractivity contribution is 0.0775. The highest BCUT2D eigenvalue weighted by molar-refractivity contribution is 7.07. The summed E-state index contributed by atoms with van der Waals surface area (Å²) in [6.45, 7) is 6.53. The van der Waals surface area contributed by atoms with Gasteiger partial charge in [0, 0.05) is 18.6 Å². The second-order valence-corrected chi connectivity index (χ2v) is 5.95. The van der Waals surface area contributed by atoms with E-state index >= 15 is 0 Å². The first-order valence-corrected chi connectivity index (χ1v) is 8.15. The van der Waals surface area contributed by atoms with Gasteiger partial charge in [0.1, 0.15) is 0 Å². The molecule has 1 aromatic rings. The zero-order chi connectivity index (χ0) is 12.8. The van der Waals surface area contributed by atoms with Crippen molar-refractivity contribution in [2.45, 2.75) is 51.7 Å². The van der Waals surface area contributed by atoms with Crippen molar-refractivity contribution in [1.82, 2.24) is 5.32 Å². The summed E-state index contributed by atoms with van der Waals surface area (Å²) in [5.41, 5.74) is 1.47. The van der Waals surface area contributed by atoms with Crippen molar-refractivity contribution in [2.24, 2.45) is 5.92 Å². The van der Waals surface area contributed by atoms with Crippen molar-refractivity contribution in [3.8, 4) is 0 Å². The van der Waals surface area contributed by atoms with Gasteiger partial charge in [-0.3, -0.25) is 0 Å². The molecule has 3 atom stereocenters. The second kappa shape index (κ2) is 7.27. The number of nitrogens with one attached hydrogen (secondary N) is 1. The predicted octanol–water partition coefficient (Wildman–Crippen LogP) is 3.47. The summed E-state index contributed by atoms with van der Waals surface area (Å²) in [4.78, 5) is 0. The van der Waals surface area contributed by atoms with Gasteiger partial charge < -0.3 is 10.1 Å². The molecule has 3 unspecified atom stereocenters. The van der Waals surface area contributed by atoms with Gasteiger partial charge in [0.25, 0.3) is 0 Å². The van der Waals surface area contributed by atoms with E-state index in [1.165, 1.54) is 18.4 Å². The summed E-state index contributed by atoms with van der Waals surface area (Å²) >= 11 is 1.80. The zero-order valence-electron chi connectivity index (χ0n) is 11.5. The van der Waals surface area contributed by atoms with E-state index in [2.05, 4.69) is 36.0 Å². The van der Waals surface area contributed by atoms with Gasteiger partial charge in [-0.15, -0.1) is 0 Å². The third-order valence-electron chi connectivity index (χ3n) is 3.87. The van der Waals surface area contributed by atoms with Crippen molar-refractivity contribution in [2.75, 3.05) is 13.2 Å². The van der Waals surface area contributed by atoms with Crippen LogP contribution in [-0.4, -0.2) is 25.3 Å². The van der Waals surface area contributed by atoms with Gasteiger partial charge in [-0.25, -0.2) is 0 Å². The molecule has 1 aliphatic rings. The Labute approximate surface area is 115 Å². The van der Waals surface area contributed by atoms with E-state index in [4.69, 9.17) is 4.74 Å². The van der Waals surface area contributed by atoms with E-state index in [-0.39, 0.29) is 0 Å². The fourth-order valence-corrected chi connectivity index (χ4v) is 3.59. The first-order valence-electron chi connectivity index (χ1n) is 7.21. The number of rotatable bonds is 7. The van der Waals surface area contributed by atoms with Crippen molar-refractivity contribution < 1.29 is 4.74 Å². The maximum absolute atomic E-state index is 5.86. The highest BCUT2D eigenvalue weighted by Gasteiger charge is 2.33. The molecular weight excluding hydrogens is 242 g/mol. The smallest absolute Gasteiger partial charge is 0.0616 e. The van der Waals surface area contributed by atoms with Crippen molar-refractivity contribution in [3.05, 3.63) is 22.4 Å². The summed E-state index contributed by atoms with van der Waals surface area (Å²) in [7, 11) is 0. The van der Waals surface area contributed by atoms with E-state index < -0.39 is 0 Å². The molecule has 2 heterocycles. The molecule has 1 saturated heterocycles. The molecule has 0 bridgehead atoms. The summed E-state index contributed by atoms with van der Waals surface area (Å²) in [5.74, 6) is 0.682. The normalized spacial score (nSPS) is 25.4. The van der Waals surface area contributed by atoms with Gasteiger partial charge in [-0.05, 0) is 54.6 Å². The van der Waals surface area contributed by atoms with Crippen LogP contribution in [0.2, 0.25) is 0 Å². The molecule has 2 rings (SSSR count). The van der Waals surface area contributed by atoms with Crippen LogP contribution in [-0.2, 0) is 11.2 Å². The largest absolute Gasteiger partial charge is 0.378 e. The topological polar surface area (TPSA) is 21.3 Å². The van der Waals surface area contributed by atoms with Gasteiger partial charge in [0.05, 0.1) is 6.10 Å². The fraction of sp³-hybridized carbons (Fsp3) is 0.733. The summed E-state index contributed by atoms with van der Waals surface area (Å²) in [6.07, 6.45) is 5.15.